The molecule has 2 heterocycles. The van der Waals surface area contributed by atoms with Crippen LogP contribution in [0.3, 0.4) is 0 Å². The number of aromatic nitrogens is 1. The number of aryl methyl sites for hydroxylation is 3. The van der Waals surface area contributed by atoms with Crippen LogP contribution in [0, 0.1) is 26.7 Å². The number of nitrogens with zero attached hydrogens (tertiary/aromatic N) is 4. The van der Waals surface area contributed by atoms with Crippen LogP contribution in [0.4, 0.5) is 5.82 Å². The third kappa shape index (κ3) is 4.26. The molecule has 0 radical (unpaired) electrons. The van der Waals surface area contributed by atoms with Crippen molar-refractivity contribution < 1.29 is 5.11 Å². The molecular weight excluding hydrogens is 384 g/mol. The van der Waals surface area contributed by atoms with E-state index in [2.05, 4.69) is 4.99 Å². The molecule has 0 spiro atoms. The number of benzene rings is 1. The Balaban J connectivity index is 2.02. The van der Waals surface area contributed by atoms with E-state index in [-0.39, 0.29) is 17.9 Å². The first-order valence-electron chi connectivity index (χ1n) is 10.2. The molecule has 1 aliphatic heterocycles. The monoisotopic (exact) mass is 413 g/mol. The number of aliphatic hydroxyl groups excluding tert-OH is 1. The Morgan fingerprint density at radius 3 is 2.31 bits per heavy atom. The van der Waals surface area contributed by atoms with Crippen molar-refractivity contribution in [2.45, 2.75) is 53.6 Å². The van der Waals surface area contributed by atoms with Gasteiger partial charge in [-0.2, -0.15) is 0 Å². The van der Waals surface area contributed by atoms with Crippen LogP contribution in [0.1, 0.15) is 48.9 Å². The van der Waals surface area contributed by atoms with Crippen molar-refractivity contribution in [3.8, 4) is 5.69 Å². The standard InChI is InChI=1S/C23H30ClN4O/c1-6-26-23-20(22(25)27-9-7-18(8-10-27)17(5)29)16(4)13-28(23)21-14(2)11-19(24)12-15(21)3/h6,11-13,17-18,29H,7-10H2,1-5H3/q-1. The third-order valence-electron chi connectivity index (χ3n) is 5.86. The van der Waals surface area contributed by atoms with E-state index in [0.29, 0.717) is 10.8 Å². The van der Waals surface area contributed by atoms with Crippen molar-refractivity contribution >= 4 is 29.5 Å². The van der Waals surface area contributed by atoms with Crippen LogP contribution in [-0.4, -0.2) is 45.8 Å². The molecule has 29 heavy (non-hydrogen) atoms. The van der Waals surface area contributed by atoms with Crippen LogP contribution < -0.4 is 0 Å². The molecule has 0 aliphatic carbocycles. The molecule has 0 bridgehead atoms. The second kappa shape index (κ2) is 8.72. The number of likely N-dealkylation sites (tertiary alicyclic amines) is 1. The number of aliphatic hydroxyl groups is 1. The van der Waals surface area contributed by atoms with Crippen LogP contribution in [0.5, 0.6) is 0 Å². The minimum atomic E-state index is -0.307. The highest BCUT2D eigenvalue weighted by Crippen LogP contribution is 2.34. The summed E-state index contributed by atoms with van der Waals surface area (Å²) in [5.74, 6) is 1.26. The van der Waals surface area contributed by atoms with Gasteiger partial charge in [0.1, 0.15) is 5.82 Å². The van der Waals surface area contributed by atoms with Gasteiger partial charge < -0.3 is 20.0 Å². The molecule has 1 aromatic carbocycles. The minimum Gasteiger partial charge on any atom is -0.468 e. The number of hydrogen-bond acceptors (Lipinski definition) is 2. The topological polar surface area (TPSA) is 63.1 Å². The maximum atomic E-state index is 11.2. The molecular formula is C23H30ClN4O-. The molecule has 0 amide bonds. The smallest absolute Gasteiger partial charge is 0.144 e. The minimum absolute atomic E-state index is 0.259. The fourth-order valence-corrected chi connectivity index (χ4v) is 4.67. The van der Waals surface area contributed by atoms with Gasteiger partial charge in [-0.15, -0.1) is 0 Å². The normalized spacial score (nSPS) is 16.6. The van der Waals surface area contributed by atoms with E-state index in [4.69, 9.17) is 11.6 Å². The van der Waals surface area contributed by atoms with Crippen LogP contribution in [-0.2, 0) is 0 Å². The number of piperidine rings is 1. The summed E-state index contributed by atoms with van der Waals surface area (Å²) in [7, 11) is 0. The number of aliphatic imine (C=N–C) groups is 1. The lowest BCUT2D eigenvalue weighted by Crippen LogP contribution is -2.40. The maximum absolute atomic E-state index is 11.2. The molecule has 2 aromatic rings. The summed E-state index contributed by atoms with van der Waals surface area (Å²) in [6, 6.07) is 3.89. The summed E-state index contributed by atoms with van der Waals surface area (Å²) in [5.41, 5.74) is 4.87. The molecule has 0 saturated carbocycles. The lowest BCUT2D eigenvalue weighted by atomic mass is 9.92. The fraction of sp³-hybridized carbons (Fsp3) is 0.478. The Morgan fingerprint density at radius 1 is 1.21 bits per heavy atom. The van der Waals surface area contributed by atoms with Gasteiger partial charge in [0, 0.05) is 23.0 Å². The highest BCUT2D eigenvalue weighted by atomic mass is 35.5. The Labute approximate surface area is 178 Å². The Morgan fingerprint density at radius 2 is 1.79 bits per heavy atom. The molecule has 6 heteroatoms. The van der Waals surface area contributed by atoms with Gasteiger partial charge in [-0.3, -0.25) is 0 Å². The van der Waals surface area contributed by atoms with Crippen molar-refractivity contribution in [2.75, 3.05) is 13.1 Å². The zero-order valence-corrected chi connectivity index (χ0v) is 18.7. The maximum Gasteiger partial charge on any atom is 0.144 e. The molecule has 3 rings (SSSR count). The van der Waals surface area contributed by atoms with Gasteiger partial charge in [-0.25, -0.2) is 4.99 Å². The number of hydrogen-bond donors (Lipinski definition) is 1. The third-order valence-corrected chi connectivity index (χ3v) is 6.08. The van der Waals surface area contributed by atoms with Crippen LogP contribution in [0.25, 0.3) is 11.1 Å². The predicted molar refractivity (Wildman–Crippen MR) is 122 cm³/mol. The Hall–Kier alpha value is -2.11. The van der Waals surface area contributed by atoms with E-state index in [1.54, 1.807) is 6.21 Å². The second-order valence-electron chi connectivity index (χ2n) is 8.04. The zero-order valence-electron chi connectivity index (χ0n) is 17.9. The van der Waals surface area contributed by atoms with Crippen LogP contribution in [0.15, 0.2) is 23.3 Å². The summed E-state index contributed by atoms with van der Waals surface area (Å²) in [5, 5.41) is 21.7. The number of halogens is 1. The second-order valence-corrected chi connectivity index (χ2v) is 8.48. The van der Waals surface area contributed by atoms with Crippen molar-refractivity contribution in [1.82, 2.24) is 9.47 Å². The van der Waals surface area contributed by atoms with Gasteiger partial charge in [-0.05, 0) is 95.3 Å². The summed E-state index contributed by atoms with van der Waals surface area (Å²) >= 11 is 6.23. The first kappa shape index (κ1) is 21.6. The van der Waals surface area contributed by atoms with Crippen molar-refractivity contribution in [1.29, 1.82) is 0 Å². The van der Waals surface area contributed by atoms with Gasteiger partial charge in [0.25, 0.3) is 0 Å². The van der Waals surface area contributed by atoms with Gasteiger partial charge in [0.05, 0.1) is 11.8 Å². The zero-order chi connectivity index (χ0) is 21.3. The molecule has 1 atom stereocenters. The van der Waals surface area contributed by atoms with Crippen molar-refractivity contribution in [3.63, 3.8) is 0 Å². The number of amidine groups is 1. The summed E-state index contributed by atoms with van der Waals surface area (Å²) in [6.07, 6.45) is 5.20. The first-order valence-corrected chi connectivity index (χ1v) is 10.6. The molecule has 1 N–H and O–H groups in total. The van der Waals surface area contributed by atoms with Crippen molar-refractivity contribution in [3.05, 3.63) is 51.0 Å². The molecule has 1 saturated heterocycles. The highest BCUT2D eigenvalue weighted by Gasteiger charge is 2.23. The lowest BCUT2D eigenvalue weighted by Gasteiger charge is -2.42. The quantitative estimate of drug-likeness (QED) is 0.554. The molecule has 5 nitrogen and oxygen atoms in total. The Bertz CT molecular complexity index is 914. The highest BCUT2D eigenvalue weighted by molar-refractivity contribution is 6.30. The van der Waals surface area contributed by atoms with E-state index in [1.165, 1.54) is 0 Å². The van der Waals surface area contributed by atoms with Gasteiger partial charge >= 0.3 is 0 Å². The summed E-state index contributed by atoms with van der Waals surface area (Å²) in [6.45, 7) is 11.2. The summed E-state index contributed by atoms with van der Waals surface area (Å²) in [4.78, 5) is 6.63. The first-order chi connectivity index (χ1) is 13.7. The molecule has 1 aromatic heterocycles. The molecule has 1 aliphatic rings. The number of rotatable bonds is 4. The van der Waals surface area contributed by atoms with Crippen LogP contribution >= 0.6 is 11.6 Å². The van der Waals surface area contributed by atoms with E-state index in [0.717, 1.165) is 53.9 Å². The van der Waals surface area contributed by atoms with Crippen LogP contribution in [0.2, 0.25) is 5.02 Å². The average molecular weight is 414 g/mol. The molecule has 1 fully saturated rings. The predicted octanol–water partition coefficient (Wildman–Crippen LogP) is 5.19. The molecule has 156 valence electrons. The van der Waals surface area contributed by atoms with E-state index in [9.17, 15) is 10.5 Å². The van der Waals surface area contributed by atoms with Gasteiger partial charge in [-0.1, -0.05) is 17.4 Å². The van der Waals surface area contributed by atoms with Gasteiger partial charge in [0.15, 0.2) is 0 Å². The van der Waals surface area contributed by atoms with Crippen molar-refractivity contribution in [2.24, 2.45) is 10.9 Å². The SMILES string of the molecule is CC=Nc1c(C(=[N-])N2CCC(C(C)O)CC2)c(C)cn1-c1c(C)cc(Cl)cc1C. The van der Waals surface area contributed by atoms with E-state index >= 15 is 0 Å². The van der Waals surface area contributed by atoms with E-state index < -0.39 is 0 Å². The largest absolute Gasteiger partial charge is 0.468 e. The average Bonchev–Trinajstić information content (AvgIpc) is 2.96. The summed E-state index contributed by atoms with van der Waals surface area (Å²) < 4.78 is 2.05. The van der Waals surface area contributed by atoms with E-state index in [1.807, 2.05) is 62.4 Å². The molecule has 1 unspecified atom stereocenters. The lowest BCUT2D eigenvalue weighted by molar-refractivity contribution is 0.0893. The Kier molecular flexibility index (Phi) is 6.49. The van der Waals surface area contributed by atoms with Gasteiger partial charge in [0.2, 0.25) is 0 Å². The fourth-order valence-electron chi connectivity index (χ4n) is 4.35.